The average Bonchev–Trinajstić information content (AvgIpc) is 3.55. The molecule has 0 spiro atoms. The first-order chi connectivity index (χ1) is 16.5. The zero-order chi connectivity index (χ0) is 23.7. The largest absolute Gasteiger partial charge is 0.494 e. The number of anilines is 1. The van der Waals surface area contributed by atoms with Crippen molar-refractivity contribution in [2.75, 3.05) is 50.8 Å². The smallest absolute Gasteiger partial charge is 0.252 e. The molecule has 2 saturated heterocycles. The van der Waals surface area contributed by atoms with Gasteiger partial charge in [-0.05, 0) is 49.4 Å². The molecule has 11 heteroatoms. The number of fused-ring (bicyclic) bond motifs is 1. The van der Waals surface area contributed by atoms with E-state index in [0.717, 1.165) is 34.2 Å². The molecule has 0 aliphatic carbocycles. The second-order valence-corrected chi connectivity index (χ2v) is 12.6. The van der Waals surface area contributed by atoms with Crippen LogP contribution in [0.5, 0.6) is 5.75 Å². The standard InChI is InChI=1S/C23H28N4O4S3/c1-2-31-18-5-6-19-20(16-18)33-23(24-19)26-13-11-25(12-14-26)22(28)17-7-9-27(10-8-17)34(29,30)21-4-3-15-32-21/h3-6,15-17H,2,7-14H2,1H3. The Bertz CT molecular complexity index is 1240. The number of rotatable bonds is 6. The molecule has 0 atom stereocenters. The highest BCUT2D eigenvalue weighted by molar-refractivity contribution is 7.91. The molecule has 0 bridgehead atoms. The normalized spacial score (nSPS) is 18.5. The number of carbonyl (C=O) groups is 1. The van der Waals surface area contributed by atoms with E-state index in [9.17, 15) is 13.2 Å². The molecule has 2 aromatic heterocycles. The fourth-order valence-corrected chi connectivity index (χ4v) is 8.20. The fraction of sp³-hybridized carbons (Fsp3) is 0.478. The summed E-state index contributed by atoms with van der Waals surface area (Å²) in [5, 5.41) is 2.75. The van der Waals surface area contributed by atoms with Gasteiger partial charge >= 0.3 is 0 Å². The lowest BCUT2D eigenvalue weighted by Crippen LogP contribution is -2.52. The number of thiophene rings is 1. The summed E-state index contributed by atoms with van der Waals surface area (Å²) in [7, 11) is -3.44. The molecule has 0 N–H and O–H groups in total. The van der Waals surface area contributed by atoms with Crippen LogP contribution < -0.4 is 9.64 Å². The van der Waals surface area contributed by atoms with Gasteiger partial charge in [-0.15, -0.1) is 11.3 Å². The second kappa shape index (κ2) is 9.80. The minimum Gasteiger partial charge on any atom is -0.494 e. The zero-order valence-electron chi connectivity index (χ0n) is 19.1. The van der Waals surface area contributed by atoms with Gasteiger partial charge in [-0.3, -0.25) is 4.79 Å². The van der Waals surface area contributed by atoms with E-state index in [1.807, 2.05) is 30.0 Å². The zero-order valence-corrected chi connectivity index (χ0v) is 21.5. The van der Waals surface area contributed by atoms with Crippen molar-refractivity contribution in [1.29, 1.82) is 0 Å². The van der Waals surface area contributed by atoms with Gasteiger partial charge in [0.05, 0.1) is 16.8 Å². The van der Waals surface area contributed by atoms with Crippen molar-refractivity contribution < 1.29 is 17.9 Å². The van der Waals surface area contributed by atoms with Crippen molar-refractivity contribution in [1.82, 2.24) is 14.2 Å². The van der Waals surface area contributed by atoms with Crippen LogP contribution in [0.4, 0.5) is 5.13 Å². The number of piperidine rings is 1. The molecule has 0 unspecified atom stereocenters. The van der Waals surface area contributed by atoms with Crippen molar-refractivity contribution in [2.45, 2.75) is 24.0 Å². The first-order valence-corrected chi connectivity index (χ1v) is 14.7. The first kappa shape index (κ1) is 23.5. The van der Waals surface area contributed by atoms with Gasteiger partial charge in [-0.2, -0.15) is 4.31 Å². The summed E-state index contributed by atoms with van der Waals surface area (Å²) in [5.41, 5.74) is 0.964. The van der Waals surface area contributed by atoms with Crippen LogP contribution >= 0.6 is 22.7 Å². The van der Waals surface area contributed by atoms with Crippen LogP contribution in [0.2, 0.25) is 0 Å². The highest BCUT2D eigenvalue weighted by Gasteiger charge is 2.35. The Balaban J connectivity index is 1.15. The molecular weight excluding hydrogens is 492 g/mol. The molecule has 0 radical (unpaired) electrons. The SMILES string of the molecule is CCOc1ccc2nc(N3CCN(C(=O)C4CCN(S(=O)(=O)c5cccs5)CC4)CC3)sc2c1. The van der Waals surface area contributed by atoms with Crippen LogP contribution in [0.1, 0.15) is 19.8 Å². The van der Waals surface area contributed by atoms with E-state index in [0.29, 0.717) is 49.8 Å². The number of carbonyl (C=O) groups excluding carboxylic acids is 1. The maximum Gasteiger partial charge on any atom is 0.252 e. The lowest BCUT2D eigenvalue weighted by atomic mass is 9.96. The second-order valence-electron chi connectivity index (χ2n) is 8.48. The van der Waals surface area contributed by atoms with Gasteiger partial charge in [0.25, 0.3) is 10.0 Å². The van der Waals surface area contributed by atoms with Gasteiger partial charge in [-0.25, -0.2) is 13.4 Å². The number of hydrogen-bond acceptors (Lipinski definition) is 8. The van der Waals surface area contributed by atoms with Gasteiger partial charge < -0.3 is 14.5 Å². The van der Waals surface area contributed by atoms with Gasteiger partial charge in [0, 0.05) is 45.2 Å². The maximum absolute atomic E-state index is 13.1. The first-order valence-electron chi connectivity index (χ1n) is 11.6. The Morgan fingerprint density at radius 3 is 2.56 bits per heavy atom. The number of benzene rings is 1. The summed E-state index contributed by atoms with van der Waals surface area (Å²) in [5.74, 6) is 0.897. The summed E-state index contributed by atoms with van der Waals surface area (Å²) in [4.78, 5) is 22.1. The van der Waals surface area contributed by atoms with Crippen LogP contribution in [0.15, 0.2) is 39.9 Å². The third kappa shape index (κ3) is 4.66. The Morgan fingerprint density at radius 1 is 1.12 bits per heavy atom. The van der Waals surface area contributed by atoms with Crippen molar-refractivity contribution in [3.05, 3.63) is 35.7 Å². The van der Waals surface area contributed by atoms with Gasteiger partial charge in [0.1, 0.15) is 9.96 Å². The van der Waals surface area contributed by atoms with Crippen molar-refractivity contribution >= 4 is 54.0 Å². The van der Waals surface area contributed by atoms with Crippen molar-refractivity contribution in [3.63, 3.8) is 0 Å². The monoisotopic (exact) mass is 520 g/mol. The number of ether oxygens (including phenoxy) is 1. The minimum absolute atomic E-state index is 0.110. The summed E-state index contributed by atoms with van der Waals surface area (Å²) in [6.45, 7) is 6.21. The molecule has 0 saturated carbocycles. The topological polar surface area (TPSA) is 83.1 Å². The van der Waals surface area contributed by atoms with Crippen LogP contribution in [-0.2, 0) is 14.8 Å². The van der Waals surface area contributed by atoms with E-state index in [1.165, 1.54) is 15.6 Å². The van der Waals surface area contributed by atoms with E-state index in [2.05, 4.69) is 4.90 Å². The van der Waals surface area contributed by atoms with Crippen LogP contribution in [0.3, 0.4) is 0 Å². The number of amides is 1. The highest BCUT2D eigenvalue weighted by Crippen LogP contribution is 2.32. The predicted molar refractivity (Wildman–Crippen MR) is 135 cm³/mol. The van der Waals surface area contributed by atoms with Gasteiger partial charge in [0.2, 0.25) is 5.91 Å². The lowest BCUT2D eigenvalue weighted by molar-refractivity contribution is -0.137. The van der Waals surface area contributed by atoms with E-state index < -0.39 is 10.0 Å². The number of nitrogens with zero attached hydrogens (tertiary/aromatic N) is 4. The number of piperazine rings is 1. The summed E-state index contributed by atoms with van der Waals surface area (Å²) in [6.07, 6.45) is 1.15. The molecule has 2 aliphatic rings. The van der Waals surface area contributed by atoms with E-state index >= 15 is 0 Å². The van der Waals surface area contributed by atoms with E-state index in [1.54, 1.807) is 28.8 Å². The Labute approximate surface area is 207 Å². The molecule has 4 heterocycles. The molecule has 34 heavy (non-hydrogen) atoms. The third-order valence-electron chi connectivity index (χ3n) is 6.41. The van der Waals surface area contributed by atoms with Gasteiger partial charge in [0.15, 0.2) is 5.13 Å². The van der Waals surface area contributed by atoms with E-state index in [4.69, 9.17) is 9.72 Å². The third-order valence-corrected chi connectivity index (χ3v) is 10.8. The molecule has 182 valence electrons. The van der Waals surface area contributed by atoms with Crippen LogP contribution in [0, 0.1) is 5.92 Å². The number of aromatic nitrogens is 1. The summed E-state index contributed by atoms with van der Waals surface area (Å²) >= 11 is 2.89. The van der Waals surface area contributed by atoms with Gasteiger partial charge in [-0.1, -0.05) is 17.4 Å². The molecular formula is C23H28N4O4S3. The number of hydrogen-bond donors (Lipinski definition) is 0. The Hall–Kier alpha value is -2.21. The molecule has 1 amide bonds. The molecule has 8 nitrogen and oxygen atoms in total. The molecule has 1 aromatic carbocycles. The molecule has 3 aromatic rings. The maximum atomic E-state index is 13.1. The lowest BCUT2D eigenvalue weighted by Gasteiger charge is -2.38. The average molecular weight is 521 g/mol. The minimum atomic E-state index is -3.44. The summed E-state index contributed by atoms with van der Waals surface area (Å²) < 4.78 is 34.1. The van der Waals surface area contributed by atoms with Crippen LogP contribution in [-0.4, -0.2) is 74.4 Å². The number of sulfonamides is 1. The molecule has 5 rings (SSSR count). The Kier molecular flexibility index (Phi) is 6.79. The predicted octanol–water partition coefficient (Wildman–Crippen LogP) is 3.51. The fourth-order valence-electron chi connectivity index (χ4n) is 4.54. The molecule has 2 aliphatic heterocycles. The van der Waals surface area contributed by atoms with Crippen molar-refractivity contribution in [3.8, 4) is 5.75 Å². The van der Waals surface area contributed by atoms with E-state index in [-0.39, 0.29) is 11.8 Å². The number of thiazole rings is 1. The molecule has 2 fully saturated rings. The quantitative estimate of drug-likeness (QED) is 0.495. The van der Waals surface area contributed by atoms with Crippen LogP contribution in [0.25, 0.3) is 10.2 Å². The highest BCUT2D eigenvalue weighted by atomic mass is 32.2. The summed E-state index contributed by atoms with van der Waals surface area (Å²) in [6, 6.07) is 9.36. The Morgan fingerprint density at radius 2 is 1.88 bits per heavy atom. The van der Waals surface area contributed by atoms with Crippen molar-refractivity contribution in [2.24, 2.45) is 5.92 Å².